The van der Waals surface area contributed by atoms with E-state index in [1.54, 1.807) is 7.11 Å². The first kappa shape index (κ1) is 12.0. The van der Waals surface area contributed by atoms with Crippen molar-refractivity contribution in [1.82, 2.24) is 5.48 Å². The molecule has 0 aliphatic heterocycles. The van der Waals surface area contributed by atoms with Crippen molar-refractivity contribution >= 4 is 0 Å². The van der Waals surface area contributed by atoms with E-state index in [1.165, 1.54) is 0 Å². The fraction of sp³-hybridized carbons (Fsp3) is 1.00. The summed E-state index contributed by atoms with van der Waals surface area (Å²) in [6.07, 6.45) is 5.10. The third-order valence-corrected chi connectivity index (χ3v) is 2.67. The number of hydroxylamine groups is 1. The Labute approximate surface area is 87.1 Å². The van der Waals surface area contributed by atoms with Crippen molar-refractivity contribution in [3.63, 3.8) is 0 Å². The Morgan fingerprint density at radius 1 is 1.21 bits per heavy atom. The number of hydrogen-bond donors (Lipinski definition) is 1. The smallest absolute Gasteiger partial charge is 0.0705 e. The van der Waals surface area contributed by atoms with Crippen LogP contribution in [0.1, 0.15) is 39.5 Å². The molecule has 84 valence electrons. The van der Waals surface area contributed by atoms with Crippen LogP contribution in [-0.2, 0) is 9.57 Å². The van der Waals surface area contributed by atoms with Gasteiger partial charge in [0.05, 0.1) is 12.7 Å². The lowest BCUT2D eigenvalue weighted by molar-refractivity contribution is -0.0225. The fourth-order valence-electron chi connectivity index (χ4n) is 1.75. The molecule has 0 aromatic rings. The maximum atomic E-state index is 5.41. The molecule has 0 radical (unpaired) electrons. The highest BCUT2D eigenvalue weighted by Crippen LogP contribution is 2.20. The molecule has 3 nitrogen and oxygen atoms in total. The van der Waals surface area contributed by atoms with E-state index in [1.807, 2.05) is 0 Å². The van der Waals surface area contributed by atoms with E-state index >= 15 is 0 Å². The second-order valence-corrected chi connectivity index (χ2v) is 4.53. The Morgan fingerprint density at radius 3 is 2.36 bits per heavy atom. The number of hydrogen-bond acceptors (Lipinski definition) is 3. The third-order valence-electron chi connectivity index (χ3n) is 2.67. The third kappa shape index (κ3) is 4.40. The molecular formula is C11H23NO2. The zero-order valence-corrected chi connectivity index (χ0v) is 9.58. The van der Waals surface area contributed by atoms with Gasteiger partial charge in [-0.15, -0.1) is 0 Å². The topological polar surface area (TPSA) is 30.5 Å². The molecule has 0 atom stereocenters. The van der Waals surface area contributed by atoms with Crippen molar-refractivity contribution in [2.75, 3.05) is 13.7 Å². The zero-order chi connectivity index (χ0) is 10.4. The van der Waals surface area contributed by atoms with Crippen molar-refractivity contribution in [3.05, 3.63) is 0 Å². The Hall–Kier alpha value is -0.120. The molecule has 0 heterocycles. The highest BCUT2D eigenvalue weighted by Gasteiger charge is 2.20. The first-order valence-electron chi connectivity index (χ1n) is 5.62. The van der Waals surface area contributed by atoms with Crippen LogP contribution in [0.2, 0.25) is 0 Å². The molecule has 1 rings (SSSR count). The van der Waals surface area contributed by atoms with E-state index < -0.39 is 0 Å². The summed E-state index contributed by atoms with van der Waals surface area (Å²) in [7, 11) is 1.80. The summed E-state index contributed by atoms with van der Waals surface area (Å²) in [6.45, 7) is 5.11. The molecule has 0 unspecified atom stereocenters. The average molecular weight is 201 g/mol. The van der Waals surface area contributed by atoms with Gasteiger partial charge in [-0.1, -0.05) is 13.8 Å². The average Bonchev–Trinajstić information content (AvgIpc) is 2.18. The molecule has 0 saturated heterocycles. The molecule has 3 heteroatoms. The van der Waals surface area contributed by atoms with Gasteiger partial charge in [-0.05, 0) is 31.6 Å². The highest BCUT2D eigenvalue weighted by atomic mass is 16.6. The second kappa shape index (κ2) is 6.38. The molecule has 1 N–H and O–H groups in total. The van der Waals surface area contributed by atoms with Gasteiger partial charge in [0, 0.05) is 13.2 Å². The SMILES string of the molecule is COC1CCC(NOCC(C)C)CC1. The zero-order valence-electron chi connectivity index (χ0n) is 9.58. The summed E-state index contributed by atoms with van der Waals surface area (Å²) >= 11 is 0. The van der Waals surface area contributed by atoms with Gasteiger partial charge in [-0.25, -0.2) is 0 Å². The van der Waals surface area contributed by atoms with E-state index in [2.05, 4.69) is 19.3 Å². The van der Waals surface area contributed by atoms with Crippen LogP contribution in [0.3, 0.4) is 0 Å². The minimum absolute atomic E-state index is 0.471. The van der Waals surface area contributed by atoms with Crippen molar-refractivity contribution in [1.29, 1.82) is 0 Å². The molecule has 0 spiro atoms. The van der Waals surface area contributed by atoms with Crippen molar-refractivity contribution in [3.8, 4) is 0 Å². The van der Waals surface area contributed by atoms with Crippen LogP contribution in [0, 0.1) is 5.92 Å². The molecular weight excluding hydrogens is 178 g/mol. The normalized spacial score (nSPS) is 28.3. The maximum Gasteiger partial charge on any atom is 0.0705 e. The van der Waals surface area contributed by atoms with Crippen molar-refractivity contribution < 1.29 is 9.57 Å². The van der Waals surface area contributed by atoms with Gasteiger partial charge in [0.15, 0.2) is 0 Å². The summed E-state index contributed by atoms with van der Waals surface area (Å²) in [5, 5.41) is 0. The van der Waals surface area contributed by atoms with E-state index in [0.717, 1.165) is 32.3 Å². The molecule has 1 saturated carbocycles. The summed E-state index contributed by atoms with van der Waals surface area (Å²) in [5.41, 5.74) is 3.14. The molecule has 14 heavy (non-hydrogen) atoms. The summed E-state index contributed by atoms with van der Waals surface area (Å²) in [6, 6.07) is 0.528. The Morgan fingerprint density at radius 2 is 1.86 bits per heavy atom. The van der Waals surface area contributed by atoms with Crippen molar-refractivity contribution in [2.45, 2.75) is 51.7 Å². The molecule has 0 bridgehead atoms. The van der Waals surface area contributed by atoms with Gasteiger partial charge in [0.1, 0.15) is 0 Å². The lowest BCUT2D eigenvalue weighted by Crippen LogP contribution is -2.35. The van der Waals surface area contributed by atoms with Crippen LogP contribution in [0.15, 0.2) is 0 Å². The standard InChI is InChI=1S/C11H23NO2/c1-9(2)8-14-12-10-4-6-11(13-3)7-5-10/h9-12H,4-8H2,1-3H3. The number of methoxy groups -OCH3 is 1. The van der Waals surface area contributed by atoms with E-state index in [9.17, 15) is 0 Å². The molecule has 0 aromatic heterocycles. The number of nitrogens with one attached hydrogen (secondary N) is 1. The van der Waals surface area contributed by atoms with Crippen LogP contribution < -0.4 is 5.48 Å². The molecule has 0 amide bonds. The Kier molecular flexibility index (Phi) is 5.45. The van der Waals surface area contributed by atoms with E-state index in [-0.39, 0.29) is 0 Å². The molecule has 0 aromatic carbocycles. The number of rotatable bonds is 5. The lowest BCUT2D eigenvalue weighted by atomic mass is 9.94. The quantitative estimate of drug-likeness (QED) is 0.691. The van der Waals surface area contributed by atoms with Gasteiger partial charge in [-0.3, -0.25) is 0 Å². The minimum atomic E-state index is 0.471. The maximum absolute atomic E-state index is 5.41. The summed E-state index contributed by atoms with van der Waals surface area (Å²) in [5.74, 6) is 0.595. The highest BCUT2D eigenvalue weighted by molar-refractivity contribution is 4.74. The van der Waals surface area contributed by atoms with Gasteiger partial charge >= 0.3 is 0 Å². The predicted octanol–water partition coefficient (Wildman–Crippen LogP) is 2.12. The van der Waals surface area contributed by atoms with Gasteiger partial charge in [0.2, 0.25) is 0 Å². The first-order chi connectivity index (χ1) is 6.72. The van der Waals surface area contributed by atoms with E-state index in [4.69, 9.17) is 9.57 Å². The molecule has 1 aliphatic carbocycles. The number of ether oxygens (including phenoxy) is 1. The van der Waals surface area contributed by atoms with Crippen LogP contribution >= 0.6 is 0 Å². The monoisotopic (exact) mass is 201 g/mol. The minimum Gasteiger partial charge on any atom is -0.381 e. The fourth-order valence-corrected chi connectivity index (χ4v) is 1.75. The summed E-state index contributed by atoms with van der Waals surface area (Å²) in [4.78, 5) is 5.41. The van der Waals surface area contributed by atoms with Gasteiger partial charge in [-0.2, -0.15) is 5.48 Å². The Bertz CT molecular complexity index is 142. The first-order valence-corrected chi connectivity index (χ1v) is 5.62. The summed E-state index contributed by atoms with van der Waals surface area (Å²) < 4.78 is 5.31. The van der Waals surface area contributed by atoms with Crippen molar-refractivity contribution in [2.24, 2.45) is 5.92 Å². The van der Waals surface area contributed by atoms with E-state index in [0.29, 0.717) is 18.1 Å². The molecule has 1 fully saturated rings. The second-order valence-electron chi connectivity index (χ2n) is 4.53. The largest absolute Gasteiger partial charge is 0.381 e. The van der Waals surface area contributed by atoms with Gasteiger partial charge < -0.3 is 9.57 Å². The van der Waals surface area contributed by atoms with Crippen LogP contribution in [-0.4, -0.2) is 25.9 Å². The van der Waals surface area contributed by atoms with Crippen LogP contribution in [0.5, 0.6) is 0 Å². The molecule has 1 aliphatic rings. The van der Waals surface area contributed by atoms with Crippen LogP contribution in [0.4, 0.5) is 0 Å². The van der Waals surface area contributed by atoms with Crippen LogP contribution in [0.25, 0.3) is 0 Å². The van der Waals surface area contributed by atoms with Gasteiger partial charge in [0.25, 0.3) is 0 Å². The Balaban J connectivity index is 2.04. The predicted molar refractivity (Wildman–Crippen MR) is 57.0 cm³/mol. The lowest BCUT2D eigenvalue weighted by Gasteiger charge is -2.28.